The van der Waals surface area contributed by atoms with Crippen molar-refractivity contribution in [1.82, 2.24) is 4.98 Å². The topological polar surface area (TPSA) is 57.5 Å². The van der Waals surface area contributed by atoms with Gasteiger partial charge in [-0.3, -0.25) is 4.98 Å². The molecule has 1 atom stereocenters. The van der Waals surface area contributed by atoms with E-state index in [2.05, 4.69) is 31.2 Å². The van der Waals surface area contributed by atoms with Gasteiger partial charge in [0.25, 0.3) is 0 Å². The molecular weight excluding hydrogens is 321 g/mol. The average molecular weight is 328 g/mol. The molecule has 0 saturated carbocycles. The Bertz CT molecular complexity index is 645. The minimum Gasteiger partial charge on any atom is -0.492 e. The average Bonchev–Trinajstić information content (AvgIpc) is 2.77. The number of hydrogen-bond donors (Lipinski definition) is 2. The summed E-state index contributed by atoms with van der Waals surface area (Å²) in [5, 5.41) is 14.8. The maximum Gasteiger partial charge on any atom is 0.229 e. The van der Waals surface area contributed by atoms with Gasteiger partial charge in [0, 0.05) is 11.8 Å². The molecule has 3 rings (SSSR count). The van der Waals surface area contributed by atoms with Crippen LogP contribution in [0.4, 0.5) is 10.1 Å². The first-order valence-corrected chi connectivity index (χ1v) is 6.71. The Hall–Kier alpha value is -1.47. The van der Waals surface area contributed by atoms with Gasteiger partial charge >= 0.3 is 0 Å². The van der Waals surface area contributed by atoms with Crippen LogP contribution in [-0.2, 0) is 4.57 Å². The molecule has 2 N–H and O–H groups in total. The zero-order chi connectivity index (χ0) is 12.8. The van der Waals surface area contributed by atoms with E-state index in [0.29, 0.717) is 10.6 Å². The second-order valence-electron chi connectivity index (χ2n) is 3.70. The lowest BCUT2D eigenvalue weighted by Crippen LogP contribution is -2.32. The minimum atomic E-state index is -1.21. The van der Waals surface area contributed by atoms with Gasteiger partial charge in [0.15, 0.2) is 0 Å². The first-order chi connectivity index (χ1) is 8.60. The second-order valence-corrected chi connectivity index (χ2v) is 5.77. The van der Waals surface area contributed by atoms with E-state index >= 15 is 0 Å². The molecule has 2 aromatic heterocycles. The quantitative estimate of drug-likeness (QED) is 0.624. The molecule has 0 fully saturated rings. The molecule has 0 saturated heterocycles. The highest BCUT2D eigenvalue weighted by Gasteiger charge is 2.37. The molecule has 0 aliphatic carbocycles. The number of anilines is 1. The summed E-state index contributed by atoms with van der Waals surface area (Å²) in [6.07, 6.45) is 2.58. The van der Waals surface area contributed by atoms with Gasteiger partial charge in [0.05, 0.1) is 11.9 Å². The molecule has 0 bridgehead atoms. The van der Waals surface area contributed by atoms with E-state index in [1.165, 1.54) is 23.6 Å². The maximum absolute atomic E-state index is 13.8. The lowest BCUT2D eigenvalue weighted by molar-refractivity contribution is 0.528. The summed E-state index contributed by atoms with van der Waals surface area (Å²) in [4.78, 5) is 8.41. The largest absolute Gasteiger partial charge is 0.492 e. The highest BCUT2D eigenvalue weighted by atomic mass is 79.9. The Kier molecular flexibility index (Phi) is 2.60. The number of hydrogen-bond acceptors (Lipinski definition) is 4. The van der Waals surface area contributed by atoms with E-state index < -0.39 is 10.4 Å². The van der Waals surface area contributed by atoms with Crippen LogP contribution in [0.1, 0.15) is 10.4 Å². The van der Waals surface area contributed by atoms with Crippen molar-refractivity contribution >= 4 is 38.9 Å². The number of pyridine rings is 1. The van der Waals surface area contributed by atoms with Crippen LogP contribution in [-0.4, -0.2) is 16.0 Å². The van der Waals surface area contributed by atoms with Crippen LogP contribution in [0.5, 0.6) is 0 Å². The summed E-state index contributed by atoms with van der Waals surface area (Å²) in [5.74, 6) is -0.621. The Balaban J connectivity index is 2.14. The van der Waals surface area contributed by atoms with Crippen molar-refractivity contribution in [2.75, 3.05) is 5.32 Å². The number of alkyl halides is 1. The van der Waals surface area contributed by atoms with Gasteiger partial charge in [-0.2, -0.15) is 0 Å². The highest BCUT2D eigenvalue weighted by Crippen LogP contribution is 2.41. The monoisotopic (exact) mass is 327 g/mol. The van der Waals surface area contributed by atoms with Gasteiger partial charge in [-0.05, 0) is 33.4 Å². The van der Waals surface area contributed by atoms with Gasteiger partial charge in [-0.25, -0.2) is 9.38 Å². The minimum absolute atomic E-state index is 0.119. The van der Waals surface area contributed by atoms with Crippen LogP contribution in [0.3, 0.4) is 0 Å². The van der Waals surface area contributed by atoms with Crippen molar-refractivity contribution in [3.63, 3.8) is 0 Å². The molecule has 1 unspecified atom stereocenters. The van der Waals surface area contributed by atoms with Crippen LogP contribution >= 0.6 is 27.3 Å². The number of aromatic nitrogens is 1. The second kappa shape index (κ2) is 4.03. The fraction of sp³-hybridized carbons (Fsp3) is 0.0909. The molecule has 1 aliphatic rings. The van der Waals surface area contributed by atoms with Crippen LogP contribution in [0.2, 0.25) is 0 Å². The molecular formula is C11H7BrFN3OS. The summed E-state index contributed by atoms with van der Waals surface area (Å²) in [5.41, 5.74) is 0.974. The van der Waals surface area contributed by atoms with Crippen LogP contribution in [0.15, 0.2) is 34.9 Å². The highest BCUT2D eigenvalue weighted by molar-refractivity contribution is 9.09. The fourth-order valence-electron chi connectivity index (χ4n) is 1.76. The SMILES string of the molecule is OC1=NC(Br)(c2ccncc2F)Nc2ccsc21. The molecule has 4 nitrogen and oxygen atoms in total. The van der Waals surface area contributed by atoms with E-state index in [0.717, 1.165) is 6.20 Å². The Morgan fingerprint density at radius 2 is 2.28 bits per heavy atom. The van der Waals surface area contributed by atoms with Crippen molar-refractivity contribution in [2.45, 2.75) is 4.57 Å². The summed E-state index contributed by atoms with van der Waals surface area (Å²) < 4.78 is 12.6. The van der Waals surface area contributed by atoms with Crippen LogP contribution in [0, 0.1) is 5.82 Å². The van der Waals surface area contributed by atoms with E-state index in [9.17, 15) is 9.50 Å². The molecule has 2 aromatic rings. The van der Waals surface area contributed by atoms with E-state index in [-0.39, 0.29) is 11.5 Å². The molecule has 1 aliphatic heterocycles. The van der Waals surface area contributed by atoms with Gasteiger partial charge in [0.1, 0.15) is 10.7 Å². The number of fused-ring (bicyclic) bond motifs is 1. The predicted molar refractivity (Wildman–Crippen MR) is 71.9 cm³/mol. The predicted octanol–water partition coefficient (Wildman–Crippen LogP) is 3.22. The number of nitrogens with one attached hydrogen (secondary N) is 1. The maximum atomic E-state index is 13.8. The van der Waals surface area contributed by atoms with Gasteiger partial charge < -0.3 is 10.4 Å². The Morgan fingerprint density at radius 1 is 1.44 bits per heavy atom. The number of nitrogens with zero attached hydrogens (tertiary/aromatic N) is 2. The molecule has 0 amide bonds. The van der Waals surface area contributed by atoms with Gasteiger partial charge in [0.2, 0.25) is 10.5 Å². The zero-order valence-electron chi connectivity index (χ0n) is 8.89. The van der Waals surface area contributed by atoms with Crippen LogP contribution < -0.4 is 5.32 Å². The summed E-state index contributed by atoms with van der Waals surface area (Å²) in [6.45, 7) is 0. The molecule has 92 valence electrons. The van der Waals surface area contributed by atoms with Gasteiger partial charge in [-0.1, -0.05) is 0 Å². The van der Waals surface area contributed by atoms with Crippen LogP contribution in [0.25, 0.3) is 0 Å². The Labute approximate surface area is 114 Å². The molecule has 7 heteroatoms. The van der Waals surface area contributed by atoms with Crippen molar-refractivity contribution in [2.24, 2.45) is 4.99 Å². The molecule has 3 heterocycles. The van der Waals surface area contributed by atoms with Crippen molar-refractivity contribution < 1.29 is 9.50 Å². The number of rotatable bonds is 1. The lowest BCUT2D eigenvalue weighted by atomic mass is 10.1. The van der Waals surface area contributed by atoms with Crippen molar-refractivity contribution in [1.29, 1.82) is 0 Å². The van der Waals surface area contributed by atoms with Crippen molar-refractivity contribution in [3.8, 4) is 0 Å². The number of thiophene rings is 1. The zero-order valence-corrected chi connectivity index (χ0v) is 11.3. The molecule has 0 aromatic carbocycles. The molecule has 18 heavy (non-hydrogen) atoms. The van der Waals surface area contributed by atoms with Crippen molar-refractivity contribution in [3.05, 3.63) is 46.2 Å². The third-order valence-electron chi connectivity index (χ3n) is 2.56. The first-order valence-electron chi connectivity index (χ1n) is 5.04. The summed E-state index contributed by atoms with van der Waals surface area (Å²) in [7, 11) is 0. The molecule has 0 spiro atoms. The number of aliphatic imine (C=N–C) groups is 1. The summed E-state index contributed by atoms with van der Waals surface area (Å²) >= 11 is 4.69. The number of aliphatic hydroxyl groups excluding tert-OH is 1. The Morgan fingerprint density at radius 3 is 3.06 bits per heavy atom. The van der Waals surface area contributed by atoms with E-state index in [1.807, 2.05) is 5.38 Å². The standard InChI is InChI=1S/C11H7BrFN3OS/c12-11(6-1-3-14-5-7(6)13)15-8-2-4-18-9(8)10(17)16-11/h1-5,15H,(H,16,17). The number of halogens is 2. The lowest BCUT2D eigenvalue weighted by Gasteiger charge is -2.29. The van der Waals surface area contributed by atoms with E-state index in [1.54, 1.807) is 6.07 Å². The first kappa shape index (κ1) is 11.6. The molecule has 0 radical (unpaired) electrons. The summed E-state index contributed by atoms with van der Waals surface area (Å²) in [6, 6.07) is 3.31. The normalized spacial score (nSPS) is 22.0. The van der Waals surface area contributed by atoms with E-state index in [4.69, 9.17) is 0 Å². The fourth-order valence-corrected chi connectivity index (χ4v) is 3.20. The third-order valence-corrected chi connectivity index (χ3v) is 4.27. The smallest absolute Gasteiger partial charge is 0.229 e. The third kappa shape index (κ3) is 1.70. The number of aliphatic hydroxyl groups is 1. The van der Waals surface area contributed by atoms with Gasteiger partial charge in [-0.15, -0.1) is 11.3 Å².